The first kappa shape index (κ1) is 14.6. The second kappa shape index (κ2) is 6.64. The molecule has 1 atom stereocenters. The van der Waals surface area contributed by atoms with E-state index in [1.54, 1.807) is 0 Å². The summed E-state index contributed by atoms with van der Waals surface area (Å²) in [4.78, 5) is 0. The lowest BCUT2D eigenvalue weighted by atomic mass is 9.85. The van der Waals surface area contributed by atoms with Gasteiger partial charge in [-0.15, -0.1) is 0 Å². The van der Waals surface area contributed by atoms with E-state index in [0.29, 0.717) is 12.5 Å². The zero-order valence-corrected chi connectivity index (χ0v) is 13.1. The van der Waals surface area contributed by atoms with Gasteiger partial charge >= 0.3 is 0 Å². The SMILES string of the molecule is NCC(Cc1ccccc1Cl)c1ccc2c(c1)CCCC2. The molecule has 2 heteroatoms. The van der Waals surface area contributed by atoms with Gasteiger partial charge < -0.3 is 5.73 Å². The molecule has 0 spiro atoms. The van der Waals surface area contributed by atoms with Gasteiger partial charge in [0.25, 0.3) is 0 Å². The van der Waals surface area contributed by atoms with Crippen molar-refractivity contribution in [1.29, 1.82) is 0 Å². The topological polar surface area (TPSA) is 26.0 Å². The molecule has 21 heavy (non-hydrogen) atoms. The predicted molar refractivity (Wildman–Crippen MR) is 90.0 cm³/mol. The number of hydrogen-bond acceptors (Lipinski definition) is 1. The summed E-state index contributed by atoms with van der Waals surface area (Å²) in [6.07, 6.45) is 6.00. The van der Waals surface area contributed by atoms with Crippen molar-refractivity contribution in [3.05, 3.63) is 69.7 Å². The average molecular weight is 300 g/mol. The molecule has 110 valence electrons. The summed E-state index contributed by atoms with van der Waals surface area (Å²) in [5.41, 5.74) is 11.6. The van der Waals surface area contributed by atoms with Gasteiger partial charge in [-0.25, -0.2) is 0 Å². The fourth-order valence-corrected chi connectivity index (χ4v) is 3.49. The van der Waals surface area contributed by atoms with Crippen molar-refractivity contribution in [3.8, 4) is 0 Å². The van der Waals surface area contributed by atoms with Gasteiger partial charge in [-0.05, 0) is 67.0 Å². The predicted octanol–water partition coefficient (Wildman–Crippen LogP) is 4.50. The molecule has 3 rings (SSSR count). The van der Waals surface area contributed by atoms with E-state index in [9.17, 15) is 0 Å². The molecular weight excluding hydrogens is 278 g/mol. The van der Waals surface area contributed by atoms with Crippen LogP contribution in [-0.4, -0.2) is 6.54 Å². The van der Waals surface area contributed by atoms with Crippen LogP contribution in [0.5, 0.6) is 0 Å². The average Bonchev–Trinajstić information content (AvgIpc) is 2.54. The summed E-state index contributed by atoms with van der Waals surface area (Å²) >= 11 is 6.29. The number of fused-ring (bicyclic) bond motifs is 1. The molecule has 0 saturated carbocycles. The van der Waals surface area contributed by atoms with E-state index in [1.807, 2.05) is 18.2 Å². The molecule has 0 amide bonds. The highest BCUT2D eigenvalue weighted by Gasteiger charge is 2.16. The third-order valence-corrected chi connectivity index (χ3v) is 4.92. The van der Waals surface area contributed by atoms with E-state index in [0.717, 1.165) is 11.4 Å². The molecule has 2 aromatic rings. The summed E-state index contributed by atoms with van der Waals surface area (Å²) in [7, 11) is 0. The molecule has 0 radical (unpaired) electrons. The zero-order chi connectivity index (χ0) is 14.7. The van der Waals surface area contributed by atoms with E-state index in [-0.39, 0.29) is 0 Å². The minimum atomic E-state index is 0.345. The Labute approximate surface area is 132 Å². The second-order valence-corrected chi connectivity index (χ2v) is 6.37. The number of hydrogen-bond donors (Lipinski definition) is 1. The van der Waals surface area contributed by atoms with E-state index >= 15 is 0 Å². The summed E-state index contributed by atoms with van der Waals surface area (Å²) in [5, 5.41) is 0.842. The summed E-state index contributed by atoms with van der Waals surface area (Å²) < 4.78 is 0. The van der Waals surface area contributed by atoms with E-state index in [2.05, 4.69) is 24.3 Å². The Morgan fingerprint density at radius 1 is 1.00 bits per heavy atom. The van der Waals surface area contributed by atoms with Gasteiger partial charge in [0, 0.05) is 10.9 Å². The normalized spacial score (nSPS) is 15.5. The van der Waals surface area contributed by atoms with Crippen molar-refractivity contribution in [2.75, 3.05) is 6.54 Å². The maximum atomic E-state index is 6.29. The van der Waals surface area contributed by atoms with Crippen LogP contribution < -0.4 is 5.73 Å². The summed E-state index contributed by atoms with van der Waals surface area (Å²) in [6, 6.07) is 15.0. The first-order chi connectivity index (χ1) is 10.3. The molecule has 1 unspecified atom stereocenters. The molecule has 0 heterocycles. The van der Waals surface area contributed by atoms with Crippen LogP contribution in [0.15, 0.2) is 42.5 Å². The highest BCUT2D eigenvalue weighted by molar-refractivity contribution is 6.31. The van der Waals surface area contributed by atoms with Gasteiger partial charge in [0.2, 0.25) is 0 Å². The molecular formula is C19H22ClN. The third-order valence-electron chi connectivity index (χ3n) is 4.55. The number of benzene rings is 2. The Bertz CT molecular complexity index is 621. The third kappa shape index (κ3) is 3.30. The van der Waals surface area contributed by atoms with Crippen LogP contribution in [0.25, 0.3) is 0 Å². The Hall–Kier alpha value is -1.31. The van der Waals surface area contributed by atoms with E-state index in [4.69, 9.17) is 17.3 Å². The van der Waals surface area contributed by atoms with Crippen molar-refractivity contribution in [3.63, 3.8) is 0 Å². The lowest BCUT2D eigenvalue weighted by Gasteiger charge is -2.21. The van der Waals surface area contributed by atoms with Crippen LogP contribution >= 0.6 is 11.6 Å². The van der Waals surface area contributed by atoms with Gasteiger partial charge in [0.15, 0.2) is 0 Å². The Morgan fingerprint density at radius 2 is 1.76 bits per heavy atom. The summed E-state index contributed by atoms with van der Waals surface area (Å²) in [5.74, 6) is 0.345. The standard InChI is InChI=1S/C19H22ClN/c20-19-8-4-3-7-17(19)12-18(13-21)16-10-9-14-5-1-2-6-15(14)11-16/h3-4,7-11,18H,1-2,5-6,12-13,21H2. The van der Waals surface area contributed by atoms with Gasteiger partial charge in [0.05, 0.1) is 0 Å². The van der Waals surface area contributed by atoms with Crippen molar-refractivity contribution >= 4 is 11.6 Å². The van der Waals surface area contributed by atoms with Crippen molar-refractivity contribution in [2.24, 2.45) is 5.73 Å². The van der Waals surface area contributed by atoms with Gasteiger partial charge in [0.1, 0.15) is 0 Å². The summed E-state index contributed by atoms with van der Waals surface area (Å²) in [6.45, 7) is 0.657. The molecule has 0 fully saturated rings. The number of rotatable bonds is 4. The molecule has 2 N–H and O–H groups in total. The minimum absolute atomic E-state index is 0.345. The van der Waals surface area contributed by atoms with Crippen molar-refractivity contribution in [1.82, 2.24) is 0 Å². The minimum Gasteiger partial charge on any atom is -0.330 e. The van der Waals surface area contributed by atoms with E-state index < -0.39 is 0 Å². The smallest absolute Gasteiger partial charge is 0.0438 e. The quantitative estimate of drug-likeness (QED) is 0.883. The molecule has 0 aliphatic heterocycles. The van der Waals surface area contributed by atoms with E-state index in [1.165, 1.54) is 47.9 Å². The highest BCUT2D eigenvalue weighted by atomic mass is 35.5. The Morgan fingerprint density at radius 3 is 2.52 bits per heavy atom. The maximum absolute atomic E-state index is 6.29. The maximum Gasteiger partial charge on any atom is 0.0438 e. The molecule has 1 nitrogen and oxygen atoms in total. The molecule has 2 aromatic carbocycles. The molecule has 0 aromatic heterocycles. The number of aryl methyl sites for hydroxylation is 2. The fraction of sp³-hybridized carbons (Fsp3) is 0.368. The lowest BCUT2D eigenvalue weighted by molar-refractivity contribution is 0.668. The van der Waals surface area contributed by atoms with Crippen LogP contribution in [0.2, 0.25) is 5.02 Å². The first-order valence-corrected chi connectivity index (χ1v) is 8.21. The lowest BCUT2D eigenvalue weighted by Crippen LogP contribution is -2.16. The highest BCUT2D eigenvalue weighted by Crippen LogP contribution is 2.28. The zero-order valence-electron chi connectivity index (χ0n) is 12.3. The first-order valence-electron chi connectivity index (χ1n) is 7.83. The van der Waals surface area contributed by atoms with Crippen LogP contribution in [-0.2, 0) is 19.3 Å². The molecule has 1 aliphatic carbocycles. The molecule has 0 bridgehead atoms. The van der Waals surface area contributed by atoms with Gasteiger partial charge in [-0.1, -0.05) is 48.0 Å². The second-order valence-electron chi connectivity index (χ2n) is 5.96. The van der Waals surface area contributed by atoms with Gasteiger partial charge in [-0.3, -0.25) is 0 Å². The van der Waals surface area contributed by atoms with Gasteiger partial charge in [-0.2, -0.15) is 0 Å². The van der Waals surface area contributed by atoms with Crippen LogP contribution in [0.1, 0.15) is 41.0 Å². The largest absolute Gasteiger partial charge is 0.330 e. The van der Waals surface area contributed by atoms with Crippen LogP contribution in [0, 0.1) is 0 Å². The van der Waals surface area contributed by atoms with Crippen molar-refractivity contribution < 1.29 is 0 Å². The fourth-order valence-electron chi connectivity index (χ4n) is 3.27. The Balaban J connectivity index is 1.85. The monoisotopic (exact) mass is 299 g/mol. The Kier molecular flexibility index (Phi) is 4.62. The molecule has 0 saturated heterocycles. The van der Waals surface area contributed by atoms with Crippen molar-refractivity contribution in [2.45, 2.75) is 38.0 Å². The number of nitrogens with two attached hydrogens (primary N) is 1. The molecule has 1 aliphatic rings. The van der Waals surface area contributed by atoms with Crippen LogP contribution in [0.4, 0.5) is 0 Å². The number of halogens is 1. The van der Waals surface area contributed by atoms with Crippen LogP contribution in [0.3, 0.4) is 0 Å².